The van der Waals surface area contributed by atoms with Crippen LogP contribution in [0.3, 0.4) is 0 Å². The van der Waals surface area contributed by atoms with Gasteiger partial charge in [0.05, 0.1) is 11.4 Å². The van der Waals surface area contributed by atoms with Gasteiger partial charge in [-0.2, -0.15) is 0 Å². The zero-order chi connectivity index (χ0) is 21.2. The number of hydrogen-bond donors (Lipinski definition) is 2. The molecule has 0 atom stereocenters. The standard InChI is InChI=1S/C25H30ClNO3.ClH/c26-24-17-23(13-12-22(24)7-4-15-27-16-14-25(28)29)30-18-19-8-10-21(11-9-19)20-5-2-1-3-6-20;/h4,7-13,17,20,27H,1-3,5-6,14-16,18H2,(H,28,29);1H/b7-4+;. The van der Waals surface area contributed by atoms with Crippen molar-refractivity contribution in [3.8, 4) is 5.75 Å². The molecule has 2 aromatic rings. The van der Waals surface area contributed by atoms with Gasteiger partial charge in [0.15, 0.2) is 0 Å². The van der Waals surface area contributed by atoms with Gasteiger partial charge in [-0.15, -0.1) is 12.4 Å². The third kappa shape index (κ3) is 8.56. The Labute approximate surface area is 196 Å². The summed E-state index contributed by atoms with van der Waals surface area (Å²) in [4.78, 5) is 10.5. The van der Waals surface area contributed by atoms with Crippen LogP contribution in [-0.2, 0) is 11.4 Å². The molecule has 2 aromatic carbocycles. The number of ether oxygens (including phenoxy) is 1. The maximum atomic E-state index is 10.5. The van der Waals surface area contributed by atoms with Crippen LogP contribution in [0.15, 0.2) is 48.5 Å². The molecular weight excluding hydrogens is 433 g/mol. The van der Waals surface area contributed by atoms with Crippen LogP contribution >= 0.6 is 24.0 Å². The van der Waals surface area contributed by atoms with Crippen LogP contribution in [0.4, 0.5) is 0 Å². The Morgan fingerprint density at radius 1 is 1.13 bits per heavy atom. The van der Waals surface area contributed by atoms with Gasteiger partial charge in [-0.05, 0) is 53.6 Å². The van der Waals surface area contributed by atoms with Crippen molar-refractivity contribution < 1.29 is 14.6 Å². The molecule has 2 N–H and O–H groups in total. The average molecular weight is 464 g/mol. The van der Waals surface area contributed by atoms with E-state index >= 15 is 0 Å². The van der Waals surface area contributed by atoms with E-state index in [1.165, 1.54) is 37.7 Å². The van der Waals surface area contributed by atoms with Gasteiger partial charge >= 0.3 is 5.97 Å². The fraction of sp³-hybridized carbons (Fsp3) is 0.400. The first-order valence-corrected chi connectivity index (χ1v) is 11.1. The summed E-state index contributed by atoms with van der Waals surface area (Å²) in [6.07, 6.45) is 10.7. The van der Waals surface area contributed by atoms with Gasteiger partial charge in [-0.25, -0.2) is 0 Å². The maximum absolute atomic E-state index is 10.5. The van der Waals surface area contributed by atoms with Gasteiger partial charge in [0.25, 0.3) is 0 Å². The number of hydrogen-bond acceptors (Lipinski definition) is 3. The van der Waals surface area contributed by atoms with E-state index in [1.54, 1.807) is 0 Å². The Bertz CT molecular complexity index is 846. The lowest BCUT2D eigenvalue weighted by molar-refractivity contribution is -0.136. The number of carboxylic acids is 1. The van der Waals surface area contributed by atoms with Gasteiger partial charge < -0.3 is 15.2 Å². The topological polar surface area (TPSA) is 58.6 Å². The SMILES string of the molecule is Cl.O=C(O)CCNC/C=C/c1ccc(OCc2ccc(C3CCCCC3)cc2)cc1Cl. The summed E-state index contributed by atoms with van der Waals surface area (Å²) in [6, 6.07) is 14.5. The van der Waals surface area contributed by atoms with Gasteiger partial charge in [-0.1, -0.05) is 67.3 Å². The Morgan fingerprint density at radius 2 is 1.87 bits per heavy atom. The van der Waals surface area contributed by atoms with Crippen molar-refractivity contribution in [2.45, 2.75) is 51.0 Å². The monoisotopic (exact) mass is 463 g/mol. The molecule has 4 nitrogen and oxygen atoms in total. The minimum Gasteiger partial charge on any atom is -0.489 e. The summed E-state index contributed by atoms with van der Waals surface area (Å²) in [5.41, 5.74) is 3.51. The smallest absolute Gasteiger partial charge is 0.304 e. The number of benzene rings is 2. The Balaban J connectivity index is 0.00000341. The summed E-state index contributed by atoms with van der Waals surface area (Å²) in [6.45, 7) is 1.56. The lowest BCUT2D eigenvalue weighted by Gasteiger charge is -2.22. The third-order valence-corrected chi connectivity index (χ3v) is 5.84. The number of carboxylic acid groups (broad SMARTS) is 1. The van der Waals surface area contributed by atoms with Crippen molar-refractivity contribution >= 4 is 36.1 Å². The van der Waals surface area contributed by atoms with Crippen LogP contribution in [0, 0.1) is 0 Å². The lowest BCUT2D eigenvalue weighted by atomic mass is 9.84. The normalized spacial score (nSPS) is 14.4. The number of carbonyl (C=O) groups is 1. The molecule has 1 aliphatic rings. The summed E-state index contributed by atoms with van der Waals surface area (Å²) in [5.74, 6) is 0.666. The second-order valence-corrected chi connectivity index (χ2v) is 8.21. The number of nitrogens with one attached hydrogen (secondary N) is 1. The Morgan fingerprint density at radius 3 is 2.55 bits per heavy atom. The predicted molar refractivity (Wildman–Crippen MR) is 129 cm³/mol. The van der Waals surface area contributed by atoms with Crippen LogP contribution in [0.1, 0.15) is 61.1 Å². The van der Waals surface area contributed by atoms with Gasteiger partial charge in [0.1, 0.15) is 12.4 Å². The van der Waals surface area contributed by atoms with E-state index in [-0.39, 0.29) is 18.8 Å². The first-order valence-electron chi connectivity index (χ1n) is 10.7. The Hall–Kier alpha value is -2.01. The Kier molecular flexibility index (Phi) is 10.9. The van der Waals surface area contributed by atoms with Crippen molar-refractivity contribution in [3.63, 3.8) is 0 Å². The van der Waals surface area contributed by atoms with Crippen LogP contribution in [-0.4, -0.2) is 24.2 Å². The first kappa shape index (κ1) is 25.3. The minimum atomic E-state index is -0.801. The molecule has 0 saturated heterocycles. The molecule has 0 spiro atoms. The number of rotatable bonds is 10. The molecule has 1 saturated carbocycles. The van der Waals surface area contributed by atoms with E-state index < -0.39 is 5.97 Å². The third-order valence-electron chi connectivity index (χ3n) is 5.51. The molecular formula is C25H31Cl2NO3. The quantitative estimate of drug-likeness (QED) is 0.396. The maximum Gasteiger partial charge on any atom is 0.304 e. The van der Waals surface area contributed by atoms with Crippen LogP contribution in [0.5, 0.6) is 5.75 Å². The number of halogens is 2. The van der Waals surface area contributed by atoms with Crippen molar-refractivity contribution in [2.24, 2.45) is 0 Å². The van der Waals surface area contributed by atoms with E-state index in [0.717, 1.165) is 22.8 Å². The van der Waals surface area contributed by atoms with Gasteiger partial charge in [0, 0.05) is 13.1 Å². The number of aliphatic carboxylic acids is 1. The molecule has 3 rings (SSSR count). The fourth-order valence-electron chi connectivity index (χ4n) is 3.79. The predicted octanol–water partition coefficient (Wildman–Crippen LogP) is 6.47. The van der Waals surface area contributed by atoms with E-state index in [9.17, 15) is 4.79 Å². The van der Waals surface area contributed by atoms with Crippen LogP contribution < -0.4 is 10.1 Å². The molecule has 31 heavy (non-hydrogen) atoms. The largest absolute Gasteiger partial charge is 0.489 e. The first-order chi connectivity index (χ1) is 14.6. The zero-order valence-corrected chi connectivity index (χ0v) is 19.3. The highest BCUT2D eigenvalue weighted by atomic mass is 35.5. The molecule has 168 valence electrons. The fourth-order valence-corrected chi connectivity index (χ4v) is 4.02. The van der Waals surface area contributed by atoms with Crippen LogP contribution in [0.2, 0.25) is 5.02 Å². The second kappa shape index (κ2) is 13.4. The van der Waals surface area contributed by atoms with Crippen molar-refractivity contribution in [3.05, 3.63) is 70.3 Å². The van der Waals surface area contributed by atoms with Crippen molar-refractivity contribution in [2.75, 3.05) is 13.1 Å². The molecule has 1 fully saturated rings. The van der Waals surface area contributed by atoms with Crippen molar-refractivity contribution in [1.29, 1.82) is 0 Å². The highest BCUT2D eigenvalue weighted by Gasteiger charge is 2.15. The van der Waals surface area contributed by atoms with Crippen molar-refractivity contribution in [1.82, 2.24) is 5.32 Å². The van der Waals surface area contributed by atoms with E-state index in [1.807, 2.05) is 30.4 Å². The molecule has 0 heterocycles. The molecule has 0 radical (unpaired) electrons. The minimum absolute atomic E-state index is 0. The van der Waals surface area contributed by atoms with Crippen LogP contribution in [0.25, 0.3) is 6.08 Å². The highest BCUT2D eigenvalue weighted by Crippen LogP contribution is 2.32. The second-order valence-electron chi connectivity index (χ2n) is 7.80. The lowest BCUT2D eigenvalue weighted by Crippen LogP contribution is -2.17. The van der Waals surface area contributed by atoms with E-state index in [2.05, 4.69) is 29.6 Å². The molecule has 0 aliphatic heterocycles. The summed E-state index contributed by atoms with van der Waals surface area (Å²) in [7, 11) is 0. The van der Waals surface area contributed by atoms with Gasteiger partial charge in [-0.3, -0.25) is 4.79 Å². The molecule has 1 aliphatic carbocycles. The average Bonchev–Trinajstić information content (AvgIpc) is 2.76. The summed E-state index contributed by atoms with van der Waals surface area (Å²) < 4.78 is 5.92. The molecule has 0 unspecified atom stereocenters. The molecule has 0 amide bonds. The van der Waals surface area contributed by atoms with Gasteiger partial charge in [0.2, 0.25) is 0 Å². The molecule has 0 aromatic heterocycles. The zero-order valence-electron chi connectivity index (χ0n) is 17.7. The summed E-state index contributed by atoms with van der Waals surface area (Å²) in [5, 5.41) is 12.3. The van der Waals surface area contributed by atoms with E-state index in [0.29, 0.717) is 24.7 Å². The molecule has 6 heteroatoms. The summed E-state index contributed by atoms with van der Waals surface area (Å²) >= 11 is 6.37. The molecule has 0 bridgehead atoms. The van der Waals surface area contributed by atoms with E-state index in [4.69, 9.17) is 21.4 Å². The highest BCUT2D eigenvalue weighted by molar-refractivity contribution is 6.32.